The number of pyridine rings is 1. The van der Waals surface area contributed by atoms with Gasteiger partial charge in [0.1, 0.15) is 17.9 Å². The number of ether oxygens (including phenoxy) is 2. The standard InChI is InChI=1S/C30H31N5O5S2/c31-14-24-6-5-22-13-28(30(36)40-17-26-16-39-9-8-32-26)35(29(22)33-24)15-23-12-25(11-21-3-1-2-4-27(21)23)34-42(37,38)19-20-7-10-41-18-20/h1-7,10-13,18,26,32,34H,8-9,14-17,19,31H2. The molecule has 218 valence electrons. The van der Waals surface area contributed by atoms with Crippen LogP contribution in [0.15, 0.2) is 71.4 Å². The minimum atomic E-state index is -3.66. The lowest BCUT2D eigenvalue weighted by Crippen LogP contribution is -2.44. The smallest absolute Gasteiger partial charge is 0.355 e. The van der Waals surface area contributed by atoms with Crippen LogP contribution in [0, 0.1) is 0 Å². The van der Waals surface area contributed by atoms with Gasteiger partial charge in [0.15, 0.2) is 0 Å². The highest BCUT2D eigenvalue weighted by Gasteiger charge is 2.22. The summed E-state index contributed by atoms with van der Waals surface area (Å²) in [5, 5.41) is 9.53. The van der Waals surface area contributed by atoms with Crippen LogP contribution in [0.2, 0.25) is 0 Å². The van der Waals surface area contributed by atoms with E-state index in [0.717, 1.165) is 27.3 Å². The van der Waals surface area contributed by atoms with Gasteiger partial charge >= 0.3 is 5.97 Å². The molecule has 1 aliphatic heterocycles. The number of hydrogen-bond acceptors (Lipinski definition) is 9. The van der Waals surface area contributed by atoms with Crippen molar-refractivity contribution in [3.8, 4) is 0 Å². The maximum atomic E-state index is 13.4. The Morgan fingerprint density at radius 1 is 1.17 bits per heavy atom. The van der Waals surface area contributed by atoms with Crippen LogP contribution in [0.1, 0.15) is 27.3 Å². The number of fused-ring (bicyclic) bond motifs is 2. The molecule has 6 rings (SSSR count). The van der Waals surface area contributed by atoms with E-state index in [1.54, 1.807) is 12.1 Å². The van der Waals surface area contributed by atoms with Gasteiger partial charge in [-0.25, -0.2) is 18.2 Å². The largest absolute Gasteiger partial charge is 0.459 e. The van der Waals surface area contributed by atoms with E-state index in [0.29, 0.717) is 42.5 Å². The van der Waals surface area contributed by atoms with Gasteiger partial charge in [0.25, 0.3) is 0 Å². The number of esters is 1. The number of benzene rings is 2. The van der Waals surface area contributed by atoms with E-state index < -0.39 is 16.0 Å². The molecule has 0 aliphatic carbocycles. The number of carbonyl (C=O) groups is 1. The van der Waals surface area contributed by atoms with Crippen LogP contribution in [-0.4, -0.2) is 56.3 Å². The van der Waals surface area contributed by atoms with E-state index in [4.69, 9.17) is 20.2 Å². The first-order chi connectivity index (χ1) is 20.4. The molecule has 42 heavy (non-hydrogen) atoms. The molecule has 1 atom stereocenters. The number of thiophene rings is 1. The normalized spacial score (nSPS) is 15.7. The van der Waals surface area contributed by atoms with Gasteiger partial charge in [-0.15, -0.1) is 0 Å². The SMILES string of the molecule is NCc1ccc2cc(C(=O)OCC3COCCN3)n(Cc3cc(NS(=O)(=O)Cc4ccsc4)cc4ccccc34)c2n1. The summed E-state index contributed by atoms with van der Waals surface area (Å²) in [7, 11) is -3.66. The fraction of sp³-hybridized carbons (Fsp3) is 0.267. The first-order valence-corrected chi connectivity index (χ1v) is 16.2. The topological polar surface area (TPSA) is 138 Å². The molecular weight excluding hydrogens is 574 g/mol. The summed E-state index contributed by atoms with van der Waals surface area (Å²) in [6.45, 7) is 2.48. The molecule has 4 heterocycles. The fourth-order valence-corrected chi connectivity index (χ4v) is 7.09. The Kier molecular flexibility index (Phi) is 8.22. The van der Waals surface area contributed by atoms with E-state index in [9.17, 15) is 13.2 Å². The molecule has 0 spiro atoms. The molecule has 1 saturated heterocycles. The Hall–Kier alpha value is -3.81. The summed E-state index contributed by atoms with van der Waals surface area (Å²) in [6, 6.07) is 18.6. The van der Waals surface area contributed by atoms with Crippen molar-refractivity contribution in [2.45, 2.75) is 24.9 Å². The molecule has 3 aromatic heterocycles. The number of nitrogens with one attached hydrogen (secondary N) is 2. The van der Waals surface area contributed by atoms with Crippen molar-refractivity contribution >= 4 is 54.8 Å². The maximum Gasteiger partial charge on any atom is 0.355 e. The number of nitrogens with zero attached hydrogens (tertiary/aromatic N) is 2. The van der Waals surface area contributed by atoms with Crippen molar-refractivity contribution in [2.24, 2.45) is 5.73 Å². The Morgan fingerprint density at radius 3 is 2.83 bits per heavy atom. The van der Waals surface area contributed by atoms with Crippen LogP contribution in [0.25, 0.3) is 21.8 Å². The average molecular weight is 606 g/mol. The number of morpholine rings is 1. The number of aromatic nitrogens is 2. The van der Waals surface area contributed by atoms with Crippen LogP contribution in [-0.2, 0) is 38.3 Å². The zero-order valence-electron chi connectivity index (χ0n) is 22.8. The van der Waals surface area contributed by atoms with Gasteiger partial charge in [-0.05, 0) is 69.1 Å². The van der Waals surface area contributed by atoms with Gasteiger partial charge in [0.2, 0.25) is 10.0 Å². The summed E-state index contributed by atoms with van der Waals surface area (Å²) >= 11 is 1.46. The second kappa shape index (κ2) is 12.2. The van der Waals surface area contributed by atoms with Gasteiger partial charge in [0.05, 0.1) is 37.2 Å². The number of sulfonamides is 1. The molecule has 2 aromatic carbocycles. The van der Waals surface area contributed by atoms with E-state index >= 15 is 0 Å². The molecule has 10 nitrogen and oxygen atoms in total. The minimum Gasteiger partial charge on any atom is -0.459 e. The molecule has 1 fully saturated rings. The predicted octanol–water partition coefficient (Wildman–Crippen LogP) is 3.85. The molecule has 12 heteroatoms. The first kappa shape index (κ1) is 28.3. The summed E-state index contributed by atoms with van der Waals surface area (Å²) in [5.74, 6) is -0.601. The summed E-state index contributed by atoms with van der Waals surface area (Å²) in [5.41, 5.74) is 9.50. The number of rotatable bonds is 10. The monoisotopic (exact) mass is 605 g/mol. The maximum absolute atomic E-state index is 13.4. The molecular formula is C30H31N5O5S2. The van der Waals surface area contributed by atoms with Crippen LogP contribution in [0.5, 0.6) is 0 Å². The third kappa shape index (κ3) is 6.32. The quantitative estimate of drug-likeness (QED) is 0.204. The van der Waals surface area contributed by atoms with Crippen molar-refractivity contribution in [2.75, 3.05) is 31.1 Å². The van der Waals surface area contributed by atoms with Crippen LogP contribution in [0.4, 0.5) is 5.69 Å². The first-order valence-electron chi connectivity index (χ1n) is 13.6. The second-order valence-electron chi connectivity index (χ2n) is 10.2. The zero-order chi connectivity index (χ0) is 29.1. The number of carbonyl (C=O) groups excluding carboxylic acids is 1. The molecule has 1 aliphatic rings. The predicted molar refractivity (Wildman–Crippen MR) is 164 cm³/mol. The molecule has 1 unspecified atom stereocenters. The van der Waals surface area contributed by atoms with Crippen LogP contribution < -0.4 is 15.8 Å². The van der Waals surface area contributed by atoms with Crippen molar-refractivity contribution in [1.82, 2.24) is 14.9 Å². The van der Waals surface area contributed by atoms with Crippen LogP contribution >= 0.6 is 11.3 Å². The molecule has 0 amide bonds. The van der Waals surface area contributed by atoms with Gasteiger partial charge in [-0.3, -0.25) is 4.72 Å². The van der Waals surface area contributed by atoms with Gasteiger partial charge < -0.3 is 25.1 Å². The molecule has 5 aromatic rings. The highest BCUT2D eigenvalue weighted by atomic mass is 32.2. The van der Waals surface area contributed by atoms with E-state index in [2.05, 4.69) is 10.0 Å². The highest BCUT2D eigenvalue weighted by molar-refractivity contribution is 7.91. The van der Waals surface area contributed by atoms with Gasteiger partial charge in [0, 0.05) is 24.2 Å². The van der Waals surface area contributed by atoms with Crippen molar-refractivity contribution < 1.29 is 22.7 Å². The summed E-state index contributed by atoms with van der Waals surface area (Å²) in [6.07, 6.45) is 0. The van der Waals surface area contributed by atoms with E-state index in [1.165, 1.54) is 11.3 Å². The summed E-state index contributed by atoms with van der Waals surface area (Å²) < 4.78 is 41.8. The minimum absolute atomic E-state index is 0.0785. The lowest BCUT2D eigenvalue weighted by Gasteiger charge is -2.23. The van der Waals surface area contributed by atoms with Crippen LogP contribution in [0.3, 0.4) is 0 Å². The molecule has 0 saturated carbocycles. The Balaban J connectivity index is 1.37. The number of nitrogens with two attached hydrogens (primary N) is 1. The number of hydrogen-bond donors (Lipinski definition) is 3. The zero-order valence-corrected chi connectivity index (χ0v) is 24.4. The fourth-order valence-electron chi connectivity index (χ4n) is 5.15. The molecule has 0 radical (unpaired) electrons. The Bertz CT molecular complexity index is 1830. The molecule has 4 N–H and O–H groups in total. The lowest BCUT2D eigenvalue weighted by molar-refractivity contribution is 0.0234. The number of anilines is 1. The molecule has 0 bridgehead atoms. The third-order valence-electron chi connectivity index (χ3n) is 7.12. The highest BCUT2D eigenvalue weighted by Crippen LogP contribution is 2.29. The van der Waals surface area contributed by atoms with Crippen molar-refractivity contribution in [3.05, 3.63) is 93.9 Å². The average Bonchev–Trinajstić information content (AvgIpc) is 3.63. The van der Waals surface area contributed by atoms with E-state index in [-0.39, 0.29) is 31.5 Å². The van der Waals surface area contributed by atoms with Crippen molar-refractivity contribution in [3.63, 3.8) is 0 Å². The Morgan fingerprint density at radius 2 is 2.05 bits per heavy atom. The lowest BCUT2D eigenvalue weighted by atomic mass is 10.0. The van der Waals surface area contributed by atoms with Gasteiger partial charge in [-0.2, -0.15) is 11.3 Å². The van der Waals surface area contributed by atoms with E-state index in [1.807, 2.05) is 63.9 Å². The van der Waals surface area contributed by atoms with Crippen molar-refractivity contribution in [1.29, 1.82) is 0 Å². The Labute approximate surface area is 247 Å². The second-order valence-corrected chi connectivity index (χ2v) is 12.7. The third-order valence-corrected chi connectivity index (χ3v) is 9.11. The summed E-state index contributed by atoms with van der Waals surface area (Å²) in [4.78, 5) is 18.2. The van der Waals surface area contributed by atoms with Gasteiger partial charge in [-0.1, -0.05) is 24.3 Å².